The maximum Gasteiger partial charge on any atom is 0.109 e. The van der Waals surface area contributed by atoms with Gasteiger partial charge in [0.1, 0.15) is 5.01 Å². The molecule has 0 aliphatic carbocycles. The predicted octanol–water partition coefficient (Wildman–Crippen LogP) is 2.13. The van der Waals surface area contributed by atoms with Crippen LogP contribution in [-0.2, 0) is 0 Å². The van der Waals surface area contributed by atoms with Gasteiger partial charge in [-0.25, -0.2) is 4.98 Å². The molecule has 1 fully saturated rings. The lowest BCUT2D eigenvalue weighted by molar-refractivity contribution is 0.168. The molecule has 1 aliphatic rings. The Morgan fingerprint density at radius 1 is 1.62 bits per heavy atom. The van der Waals surface area contributed by atoms with E-state index in [1.54, 1.807) is 11.3 Å². The van der Waals surface area contributed by atoms with E-state index in [-0.39, 0.29) is 0 Å². The van der Waals surface area contributed by atoms with Gasteiger partial charge >= 0.3 is 0 Å². The summed E-state index contributed by atoms with van der Waals surface area (Å²) in [6, 6.07) is 1.02. The molecule has 2 heterocycles. The maximum absolute atomic E-state index is 4.37. The third kappa shape index (κ3) is 2.81. The fraction of sp³-hybridized carbons (Fsp3) is 0.750. The van der Waals surface area contributed by atoms with Crippen LogP contribution < -0.4 is 5.32 Å². The van der Waals surface area contributed by atoms with Gasteiger partial charge in [-0.1, -0.05) is 6.92 Å². The molecule has 1 aliphatic heterocycles. The first-order valence-electron chi connectivity index (χ1n) is 6.01. The molecule has 1 aromatic heterocycles. The van der Waals surface area contributed by atoms with E-state index in [2.05, 4.69) is 36.1 Å². The molecule has 1 aromatic rings. The number of aromatic nitrogens is 1. The highest BCUT2D eigenvalue weighted by atomic mass is 32.1. The highest BCUT2D eigenvalue weighted by Gasteiger charge is 2.25. The second kappa shape index (κ2) is 5.25. The Hall–Kier alpha value is -0.450. The Labute approximate surface area is 102 Å². The van der Waals surface area contributed by atoms with Gasteiger partial charge in [-0.3, -0.25) is 0 Å². The lowest BCUT2D eigenvalue weighted by Crippen LogP contribution is -2.47. The summed E-state index contributed by atoms with van der Waals surface area (Å²) in [6.45, 7) is 6.95. The van der Waals surface area contributed by atoms with Gasteiger partial charge < -0.3 is 10.2 Å². The van der Waals surface area contributed by atoms with Crippen molar-refractivity contribution in [2.45, 2.75) is 32.4 Å². The summed E-state index contributed by atoms with van der Waals surface area (Å²) in [5.74, 6) is 0.723. The van der Waals surface area contributed by atoms with E-state index in [1.165, 1.54) is 24.5 Å². The molecule has 0 spiro atoms. The number of hydrogen-bond donors (Lipinski definition) is 1. The van der Waals surface area contributed by atoms with Gasteiger partial charge in [0.2, 0.25) is 0 Å². The maximum atomic E-state index is 4.37. The first-order chi connectivity index (χ1) is 7.66. The van der Waals surface area contributed by atoms with Crippen molar-refractivity contribution in [2.75, 3.05) is 20.1 Å². The Kier molecular flexibility index (Phi) is 3.95. The van der Waals surface area contributed by atoms with Crippen LogP contribution in [0.2, 0.25) is 0 Å². The Morgan fingerprint density at radius 2 is 2.44 bits per heavy atom. The minimum Gasteiger partial charge on any atom is -0.306 e. The van der Waals surface area contributed by atoms with Crippen LogP contribution in [0.15, 0.2) is 11.6 Å². The fourth-order valence-electron chi connectivity index (χ4n) is 2.44. The number of nitrogens with zero attached hydrogens (tertiary/aromatic N) is 2. The zero-order chi connectivity index (χ0) is 11.5. The van der Waals surface area contributed by atoms with Crippen LogP contribution in [0.5, 0.6) is 0 Å². The minimum atomic E-state index is 0.385. The Balaban J connectivity index is 1.89. The number of hydrogen-bond acceptors (Lipinski definition) is 4. The standard InChI is InChI=1S/C12H21N3S/c1-9-8-15(3)6-4-11(9)14-10(2)12-13-5-7-16-12/h5,7,9-11,14H,4,6,8H2,1-3H3. The van der Waals surface area contributed by atoms with Gasteiger partial charge in [-0.05, 0) is 32.9 Å². The van der Waals surface area contributed by atoms with Crippen molar-refractivity contribution in [3.63, 3.8) is 0 Å². The second-order valence-corrected chi connectivity index (χ2v) is 5.82. The number of nitrogens with one attached hydrogen (secondary N) is 1. The first kappa shape index (κ1) is 12.0. The van der Waals surface area contributed by atoms with E-state index in [0.717, 1.165) is 5.92 Å². The second-order valence-electron chi connectivity index (χ2n) is 4.89. The molecule has 2 rings (SSSR count). The molecule has 0 aromatic carbocycles. The number of rotatable bonds is 3. The van der Waals surface area contributed by atoms with Gasteiger partial charge in [0.25, 0.3) is 0 Å². The van der Waals surface area contributed by atoms with E-state index in [4.69, 9.17) is 0 Å². The molecule has 1 saturated heterocycles. The van der Waals surface area contributed by atoms with Crippen molar-refractivity contribution in [1.29, 1.82) is 0 Å². The average Bonchev–Trinajstić information content (AvgIpc) is 2.75. The minimum absolute atomic E-state index is 0.385. The summed E-state index contributed by atoms with van der Waals surface area (Å²) >= 11 is 1.74. The normalized spacial score (nSPS) is 29.2. The van der Waals surface area contributed by atoms with Gasteiger partial charge in [-0.2, -0.15) is 0 Å². The average molecular weight is 239 g/mol. The summed E-state index contributed by atoms with van der Waals surface area (Å²) in [4.78, 5) is 6.78. The van der Waals surface area contributed by atoms with E-state index < -0.39 is 0 Å². The van der Waals surface area contributed by atoms with Gasteiger partial charge in [0, 0.05) is 24.2 Å². The van der Waals surface area contributed by atoms with Crippen LogP contribution in [0, 0.1) is 5.92 Å². The molecule has 1 N–H and O–H groups in total. The molecule has 0 saturated carbocycles. The van der Waals surface area contributed by atoms with Crippen LogP contribution in [0.1, 0.15) is 31.3 Å². The van der Waals surface area contributed by atoms with Crippen molar-refractivity contribution in [3.8, 4) is 0 Å². The van der Waals surface area contributed by atoms with Crippen molar-refractivity contribution >= 4 is 11.3 Å². The van der Waals surface area contributed by atoms with Crippen LogP contribution in [-0.4, -0.2) is 36.1 Å². The van der Waals surface area contributed by atoms with Gasteiger partial charge in [-0.15, -0.1) is 11.3 Å². The van der Waals surface area contributed by atoms with Gasteiger partial charge in [0.15, 0.2) is 0 Å². The number of likely N-dealkylation sites (tertiary alicyclic amines) is 1. The zero-order valence-corrected chi connectivity index (χ0v) is 11.1. The van der Waals surface area contributed by atoms with Crippen molar-refractivity contribution in [2.24, 2.45) is 5.92 Å². The fourth-order valence-corrected chi connectivity index (χ4v) is 3.10. The van der Waals surface area contributed by atoms with E-state index >= 15 is 0 Å². The number of piperidine rings is 1. The lowest BCUT2D eigenvalue weighted by Gasteiger charge is -2.36. The summed E-state index contributed by atoms with van der Waals surface area (Å²) in [6.07, 6.45) is 3.13. The van der Waals surface area contributed by atoms with Gasteiger partial charge in [0.05, 0.1) is 6.04 Å². The summed E-state index contributed by atoms with van der Waals surface area (Å²) in [5, 5.41) is 6.96. The SMILES string of the molecule is CC(NC1CCN(C)CC1C)c1nccs1. The molecular weight excluding hydrogens is 218 g/mol. The highest BCUT2D eigenvalue weighted by molar-refractivity contribution is 7.09. The monoisotopic (exact) mass is 239 g/mol. The van der Waals surface area contributed by atoms with Crippen molar-refractivity contribution < 1.29 is 0 Å². The van der Waals surface area contributed by atoms with Crippen LogP contribution in [0.25, 0.3) is 0 Å². The summed E-state index contributed by atoms with van der Waals surface area (Å²) < 4.78 is 0. The zero-order valence-electron chi connectivity index (χ0n) is 10.3. The molecule has 16 heavy (non-hydrogen) atoms. The Morgan fingerprint density at radius 3 is 3.06 bits per heavy atom. The molecule has 4 heteroatoms. The molecule has 3 nitrogen and oxygen atoms in total. The highest BCUT2D eigenvalue weighted by Crippen LogP contribution is 2.21. The molecule has 3 unspecified atom stereocenters. The largest absolute Gasteiger partial charge is 0.306 e. The van der Waals surface area contributed by atoms with E-state index in [0.29, 0.717) is 12.1 Å². The smallest absolute Gasteiger partial charge is 0.109 e. The van der Waals surface area contributed by atoms with Crippen LogP contribution in [0.3, 0.4) is 0 Å². The molecule has 0 radical (unpaired) electrons. The quantitative estimate of drug-likeness (QED) is 0.876. The Bertz CT molecular complexity index is 312. The number of thiazole rings is 1. The molecule has 0 amide bonds. The summed E-state index contributed by atoms with van der Waals surface area (Å²) in [5.41, 5.74) is 0. The lowest BCUT2D eigenvalue weighted by atomic mass is 9.93. The van der Waals surface area contributed by atoms with E-state index in [1.807, 2.05) is 11.6 Å². The van der Waals surface area contributed by atoms with Crippen molar-refractivity contribution in [3.05, 3.63) is 16.6 Å². The first-order valence-corrected chi connectivity index (χ1v) is 6.88. The van der Waals surface area contributed by atoms with Crippen LogP contribution >= 0.6 is 11.3 Å². The predicted molar refractivity (Wildman–Crippen MR) is 68.7 cm³/mol. The molecular formula is C12H21N3S. The van der Waals surface area contributed by atoms with Crippen molar-refractivity contribution in [1.82, 2.24) is 15.2 Å². The summed E-state index contributed by atoms with van der Waals surface area (Å²) in [7, 11) is 2.21. The van der Waals surface area contributed by atoms with E-state index in [9.17, 15) is 0 Å². The molecule has 3 atom stereocenters. The molecule has 0 bridgehead atoms. The van der Waals surface area contributed by atoms with Crippen LogP contribution in [0.4, 0.5) is 0 Å². The molecule has 90 valence electrons. The topological polar surface area (TPSA) is 28.2 Å². The third-order valence-electron chi connectivity index (χ3n) is 3.39. The third-order valence-corrected chi connectivity index (χ3v) is 4.35.